The Kier molecular flexibility index (Phi) is 6.26. The zero-order chi connectivity index (χ0) is 21.8. The maximum Gasteiger partial charge on any atom is 0.223 e. The maximum absolute atomic E-state index is 12.9. The number of hydrogen-bond acceptors (Lipinski definition) is 3. The number of rotatable bonds is 6. The third-order valence-electron chi connectivity index (χ3n) is 6.07. The summed E-state index contributed by atoms with van der Waals surface area (Å²) in [7, 11) is 1.66. The van der Waals surface area contributed by atoms with Crippen LogP contribution in [0.3, 0.4) is 0 Å². The van der Waals surface area contributed by atoms with E-state index in [0.717, 1.165) is 33.5 Å². The van der Waals surface area contributed by atoms with Gasteiger partial charge in [0.25, 0.3) is 0 Å². The van der Waals surface area contributed by atoms with Gasteiger partial charge in [0.05, 0.1) is 7.11 Å². The number of aryl methyl sites for hydroxylation is 1. The molecule has 2 aromatic carbocycles. The third kappa shape index (κ3) is 4.43. The van der Waals surface area contributed by atoms with E-state index in [1.165, 1.54) is 0 Å². The SMILES string of the molecule is CCC(=O)N1CCN(C(=O)CCc2c(-c3ccc(OC)cc3)[nH]c3ccccc23)CC1. The Labute approximate surface area is 182 Å². The van der Waals surface area contributed by atoms with Gasteiger partial charge < -0.3 is 19.5 Å². The van der Waals surface area contributed by atoms with E-state index in [1.807, 2.05) is 53.1 Å². The van der Waals surface area contributed by atoms with Crippen molar-refractivity contribution in [2.75, 3.05) is 33.3 Å². The molecule has 1 N–H and O–H groups in total. The molecular formula is C25H29N3O3. The number of amides is 2. The molecule has 2 heterocycles. The first-order valence-electron chi connectivity index (χ1n) is 10.9. The van der Waals surface area contributed by atoms with Gasteiger partial charge in [0, 0.05) is 55.6 Å². The molecule has 1 aliphatic heterocycles. The summed E-state index contributed by atoms with van der Waals surface area (Å²) in [6.45, 7) is 4.36. The number of aromatic amines is 1. The molecule has 1 saturated heterocycles. The molecule has 3 aromatic rings. The second kappa shape index (κ2) is 9.25. The number of carbonyl (C=O) groups is 2. The summed E-state index contributed by atoms with van der Waals surface area (Å²) in [6.07, 6.45) is 1.63. The van der Waals surface area contributed by atoms with E-state index in [2.05, 4.69) is 17.1 Å². The Balaban J connectivity index is 1.50. The summed E-state index contributed by atoms with van der Waals surface area (Å²) in [6, 6.07) is 16.2. The van der Waals surface area contributed by atoms with E-state index in [9.17, 15) is 9.59 Å². The van der Waals surface area contributed by atoms with Gasteiger partial charge in [0.15, 0.2) is 0 Å². The van der Waals surface area contributed by atoms with Crippen molar-refractivity contribution < 1.29 is 14.3 Å². The zero-order valence-electron chi connectivity index (χ0n) is 18.2. The molecule has 0 spiro atoms. The average Bonchev–Trinajstić information content (AvgIpc) is 3.20. The number of nitrogens with zero attached hydrogens (tertiary/aromatic N) is 2. The predicted octanol–water partition coefficient (Wildman–Crippen LogP) is 3.86. The Hall–Kier alpha value is -3.28. The van der Waals surface area contributed by atoms with Gasteiger partial charge in [-0.05, 0) is 47.9 Å². The Morgan fingerprint density at radius 1 is 0.935 bits per heavy atom. The fourth-order valence-electron chi connectivity index (χ4n) is 4.28. The van der Waals surface area contributed by atoms with E-state index in [1.54, 1.807) is 7.11 Å². The summed E-state index contributed by atoms with van der Waals surface area (Å²) >= 11 is 0. The first-order valence-corrected chi connectivity index (χ1v) is 10.9. The summed E-state index contributed by atoms with van der Waals surface area (Å²) in [5, 5.41) is 1.15. The van der Waals surface area contributed by atoms with Crippen LogP contribution in [0.15, 0.2) is 48.5 Å². The monoisotopic (exact) mass is 419 g/mol. The molecule has 0 bridgehead atoms. The van der Waals surface area contributed by atoms with Crippen molar-refractivity contribution in [2.45, 2.75) is 26.2 Å². The van der Waals surface area contributed by atoms with Crippen LogP contribution in [0, 0.1) is 0 Å². The Bertz CT molecular complexity index is 1060. The van der Waals surface area contributed by atoms with Gasteiger partial charge in [0.1, 0.15) is 5.75 Å². The van der Waals surface area contributed by atoms with E-state index < -0.39 is 0 Å². The van der Waals surface area contributed by atoms with Crippen molar-refractivity contribution in [3.8, 4) is 17.0 Å². The average molecular weight is 420 g/mol. The van der Waals surface area contributed by atoms with Crippen molar-refractivity contribution in [1.82, 2.24) is 14.8 Å². The van der Waals surface area contributed by atoms with E-state index >= 15 is 0 Å². The van der Waals surface area contributed by atoms with Crippen molar-refractivity contribution in [3.05, 3.63) is 54.1 Å². The molecule has 0 saturated carbocycles. The van der Waals surface area contributed by atoms with Gasteiger partial charge in [-0.25, -0.2) is 0 Å². The van der Waals surface area contributed by atoms with Crippen molar-refractivity contribution in [1.29, 1.82) is 0 Å². The molecule has 4 rings (SSSR count). The van der Waals surface area contributed by atoms with Gasteiger partial charge in [-0.1, -0.05) is 25.1 Å². The Morgan fingerprint density at radius 3 is 2.23 bits per heavy atom. The molecule has 0 atom stereocenters. The number of methoxy groups -OCH3 is 1. The third-order valence-corrected chi connectivity index (χ3v) is 6.07. The number of ether oxygens (including phenoxy) is 1. The molecule has 2 amide bonds. The number of aromatic nitrogens is 1. The maximum atomic E-state index is 12.9. The largest absolute Gasteiger partial charge is 0.497 e. The predicted molar refractivity (Wildman–Crippen MR) is 122 cm³/mol. The lowest BCUT2D eigenvalue weighted by Crippen LogP contribution is -2.50. The number of H-pyrrole nitrogens is 1. The van der Waals surface area contributed by atoms with Gasteiger partial charge >= 0.3 is 0 Å². The van der Waals surface area contributed by atoms with E-state index in [4.69, 9.17) is 4.74 Å². The fourth-order valence-corrected chi connectivity index (χ4v) is 4.28. The first kappa shape index (κ1) is 21.0. The minimum absolute atomic E-state index is 0.148. The van der Waals surface area contributed by atoms with Crippen LogP contribution in [0.5, 0.6) is 5.75 Å². The van der Waals surface area contributed by atoms with E-state index in [0.29, 0.717) is 45.4 Å². The lowest BCUT2D eigenvalue weighted by molar-refractivity contribution is -0.139. The second-order valence-corrected chi connectivity index (χ2v) is 7.87. The highest BCUT2D eigenvalue weighted by Crippen LogP contribution is 2.32. The first-order chi connectivity index (χ1) is 15.1. The van der Waals surface area contributed by atoms with E-state index in [-0.39, 0.29) is 11.8 Å². The van der Waals surface area contributed by atoms with Crippen LogP contribution in [-0.4, -0.2) is 59.9 Å². The van der Waals surface area contributed by atoms with Crippen LogP contribution in [0.1, 0.15) is 25.3 Å². The van der Waals surface area contributed by atoms with Crippen molar-refractivity contribution >= 4 is 22.7 Å². The number of fused-ring (bicyclic) bond motifs is 1. The van der Waals surface area contributed by atoms with Crippen LogP contribution in [0.2, 0.25) is 0 Å². The van der Waals surface area contributed by atoms with Crippen LogP contribution in [0.25, 0.3) is 22.2 Å². The lowest BCUT2D eigenvalue weighted by atomic mass is 10.0. The summed E-state index contributed by atoms with van der Waals surface area (Å²) in [5.41, 5.74) is 4.36. The molecule has 1 fully saturated rings. The summed E-state index contributed by atoms with van der Waals surface area (Å²) < 4.78 is 5.28. The lowest BCUT2D eigenvalue weighted by Gasteiger charge is -2.34. The number of nitrogens with one attached hydrogen (secondary N) is 1. The van der Waals surface area contributed by atoms with Crippen LogP contribution >= 0.6 is 0 Å². The van der Waals surface area contributed by atoms with Crippen LogP contribution in [-0.2, 0) is 16.0 Å². The molecule has 31 heavy (non-hydrogen) atoms. The number of benzene rings is 2. The van der Waals surface area contributed by atoms with Crippen LogP contribution < -0.4 is 4.74 Å². The topological polar surface area (TPSA) is 65.6 Å². The van der Waals surface area contributed by atoms with Gasteiger partial charge in [-0.15, -0.1) is 0 Å². The van der Waals surface area contributed by atoms with Gasteiger partial charge in [-0.3, -0.25) is 9.59 Å². The highest BCUT2D eigenvalue weighted by Gasteiger charge is 2.23. The van der Waals surface area contributed by atoms with Crippen molar-refractivity contribution in [3.63, 3.8) is 0 Å². The number of hydrogen-bond donors (Lipinski definition) is 1. The van der Waals surface area contributed by atoms with Gasteiger partial charge in [0.2, 0.25) is 11.8 Å². The normalized spacial score (nSPS) is 14.1. The highest BCUT2D eigenvalue weighted by atomic mass is 16.5. The number of piperazine rings is 1. The molecule has 0 aliphatic carbocycles. The second-order valence-electron chi connectivity index (χ2n) is 7.87. The fraction of sp³-hybridized carbons (Fsp3) is 0.360. The van der Waals surface area contributed by atoms with Crippen LogP contribution in [0.4, 0.5) is 0 Å². The zero-order valence-corrected chi connectivity index (χ0v) is 18.2. The minimum Gasteiger partial charge on any atom is -0.497 e. The molecule has 0 unspecified atom stereocenters. The Morgan fingerprint density at radius 2 is 1.58 bits per heavy atom. The molecule has 6 heteroatoms. The quantitative estimate of drug-likeness (QED) is 0.660. The number of para-hydroxylation sites is 1. The molecule has 6 nitrogen and oxygen atoms in total. The minimum atomic E-state index is 0.148. The number of carbonyl (C=O) groups excluding carboxylic acids is 2. The standard InChI is InChI=1S/C25H29N3O3/c1-3-23(29)27-14-16-28(17-15-27)24(30)13-12-21-20-6-4-5-7-22(20)26-25(21)18-8-10-19(31-2)11-9-18/h4-11,26H,3,12-17H2,1-2H3. The highest BCUT2D eigenvalue weighted by molar-refractivity contribution is 5.91. The molecule has 162 valence electrons. The molecular weight excluding hydrogens is 390 g/mol. The molecule has 1 aliphatic rings. The van der Waals surface area contributed by atoms with Crippen molar-refractivity contribution in [2.24, 2.45) is 0 Å². The van der Waals surface area contributed by atoms with Gasteiger partial charge in [-0.2, -0.15) is 0 Å². The molecule has 0 radical (unpaired) electrons. The molecule has 1 aromatic heterocycles. The summed E-state index contributed by atoms with van der Waals surface area (Å²) in [5.74, 6) is 1.13. The smallest absolute Gasteiger partial charge is 0.223 e. The summed E-state index contributed by atoms with van der Waals surface area (Å²) in [4.78, 5) is 32.1.